The molecular formula is C8H11Y. The third kappa shape index (κ3) is 8.32. The topological polar surface area (TPSA) is 0 Å². The summed E-state index contributed by atoms with van der Waals surface area (Å²) < 4.78 is 0. The molecule has 0 atom stereocenters. The Hall–Kier alpha value is 0.324. The van der Waals surface area contributed by atoms with Crippen molar-refractivity contribution in [2.24, 2.45) is 0 Å². The van der Waals surface area contributed by atoms with Crippen LogP contribution in [0, 0.1) is 20.9 Å². The van der Waals surface area contributed by atoms with Crippen LogP contribution in [0.1, 0.15) is 0 Å². The van der Waals surface area contributed by atoms with Gasteiger partial charge in [-0.1, -0.05) is 0 Å². The average molecular weight is 196 g/mol. The molecule has 9 heavy (non-hydrogen) atoms. The summed E-state index contributed by atoms with van der Waals surface area (Å²) in [6.07, 6.45) is 0. The summed E-state index contributed by atoms with van der Waals surface area (Å²) in [7, 11) is 0. The fourth-order valence-corrected chi connectivity index (χ4v) is 0.342. The zero-order chi connectivity index (χ0) is 4.24. The van der Waals surface area contributed by atoms with Crippen LogP contribution in [0.3, 0.4) is 0 Å². The van der Waals surface area contributed by atoms with Crippen LogP contribution in [-0.4, -0.2) is 0 Å². The molecule has 0 aliphatic heterocycles. The summed E-state index contributed by atoms with van der Waals surface area (Å²) in [5.74, 6) is 0. The van der Waals surface area contributed by atoms with Gasteiger partial charge in [0.05, 0.1) is 0 Å². The normalized spacial score (nSPS) is 5.33. The molecule has 0 aromatic heterocycles. The van der Waals surface area contributed by atoms with E-state index in [-0.39, 0.29) is 47.6 Å². The quantitative estimate of drug-likeness (QED) is 0.559. The maximum atomic E-state index is 2.89. The van der Waals surface area contributed by atoms with Crippen molar-refractivity contribution in [2.75, 3.05) is 0 Å². The van der Waals surface area contributed by atoms with Crippen molar-refractivity contribution >= 4 is 0 Å². The molecule has 0 heterocycles. The van der Waals surface area contributed by atoms with Gasteiger partial charge in [-0.15, -0.1) is 0 Å². The molecule has 0 bridgehead atoms. The molecular weight excluding hydrogens is 185 g/mol. The molecule has 0 radical (unpaired) electrons. The Bertz CT molecular complexity index is 76.5. The van der Waals surface area contributed by atoms with Crippen molar-refractivity contribution in [1.29, 1.82) is 0 Å². The first kappa shape index (κ1) is 16.2. The van der Waals surface area contributed by atoms with E-state index in [1.165, 1.54) is 0 Å². The molecule has 0 nitrogen and oxygen atoms in total. The van der Waals surface area contributed by atoms with E-state index in [2.05, 4.69) is 6.07 Å². The van der Waals surface area contributed by atoms with E-state index in [9.17, 15) is 0 Å². The molecule has 0 saturated heterocycles. The van der Waals surface area contributed by atoms with Crippen molar-refractivity contribution in [2.45, 2.75) is 0 Å². The molecule has 1 rings (SSSR count). The molecule has 1 aromatic rings. The Labute approximate surface area is 83.6 Å². The van der Waals surface area contributed by atoms with Gasteiger partial charge in [0.2, 0.25) is 0 Å². The molecule has 1 heteroatoms. The van der Waals surface area contributed by atoms with Gasteiger partial charge in [0.1, 0.15) is 0 Å². The number of hydrogen-bond acceptors (Lipinski definition) is 0. The van der Waals surface area contributed by atoms with Gasteiger partial charge >= 0.3 is 32.7 Å². The Morgan fingerprint density at radius 2 is 1.22 bits per heavy atom. The number of hydrogen-bond donors (Lipinski definition) is 0. The smallest absolute Gasteiger partial charge is 0.358 e. The van der Waals surface area contributed by atoms with Crippen molar-refractivity contribution in [3.8, 4) is 0 Å². The van der Waals surface area contributed by atoms with E-state index in [0.717, 1.165) is 0 Å². The van der Waals surface area contributed by atoms with Crippen LogP contribution in [0.4, 0.5) is 0 Å². The minimum absolute atomic E-state index is 0. The fraction of sp³-hybridized carbons (Fsp3) is 0. The summed E-state index contributed by atoms with van der Waals surface area (Å²) in [5, 5.41) is 0. The van der Waals surface area contributed by atoms with Gasteiger partial charge in [-0.05, 0) is 0 Å². The molecule has 0 N–H and O–H groups in total. The summed E-state index contributed by atoms with van der Waals surface area (Å²) in [4.78, 5) is 0. The second-order valence-corrected chi connectivity index (χ2v) is 1.08. The Balaban J connectivity index is -0.000000120. The van der Waals surface area contributed by atoms with Crippen LogP contribution in [0.5, 0.6) is 0 Å². The van der Waals surface area contributed by atoms with Crippen LogP contribution in [-0.2, 0) is 32.7 Å². The Morgan fingerprint density at radius 3 is 1.33 bits per heavy atom. The summed E-state index contributed by atoms with van der Waals surface area (Å²) in [5.41, 5.74) is 0. The van der Waals surface area contributed by atoms with E-state index in [1.54, 1.807) is 0 Å². The van der Waals surface area contributed by atoms with E-state index in [1.807, 2.05) is 30.3 Å². The van der Waals surface area contributed by atoms with Gasteiger partial charge < -0.3 is 14.9 Å². The van der Waals surface area contributed by atoms with Gasteiger partial charge in [0.25, 0.3) is 0 Å². The van der Waals surface area contributed by atoms with E-state index in [0.29, 0.717) is 0 Å². The second-order valence-electron chi connectivity index (χ2n) is 1.08. The van der Waals surface area contributed by atoms with Gasteiger partial charge in [0, 0.05) is 0 Å². The van der Waals surface area contributed by atoms with Crippen LogP contribution >= 0.6 is 0 Å². The van der Waals surface area contributed by atoms with Gasteiger partial charge in [-0.25, -0.2) is 0 Å². The van der Waals surface area contributed by atoms with E-state index >= 15 is 0 Å². The van der Waals surface area contributed by atoms with Crippen LogP contribution in [0.2, 0.25) is 0 Å². The van der Waals surface area contributed by atoms with Crippen LogP contribution < -0.4 is 0 Å². The summed E-state index contributed by atoms with van der Waals surface area (Å²) in [6.45, 7) is 0. The third-order valence-electron chi connectivity index (χ3n) is 0.607. The molecule has 0 aliphatic rings. The average Bonchev–Trinajstić information content (AvgIpc) is 1.72. The minimum atomic E-state index is 0. The monoisotopic (exact) mass is 196 g/mol. The van der Waals surface area contributed by atoms with Crippen molar-refractivity contribution in [3.05, 3.63) is 51.3 Å². The molecule has 0 fully saturated rings. The minimum Gasteiger partial charge on any atom is -0.358 e. The van der Waals surface area contributed by atoms with E-state index in [4.69, 9.17) is 0 Å². The SMILES string of the molecule is [CH3-].[CH3-].[Y+3].[c-]1ccccc1. The zero-order valence-corrected chi connectivity index (χ0v) is 8.80. The predicted octanol–water partition coefficient (Wildman–Crippen LogP) is 2.38. The van der Waals surface area contributed by atoms with E-state index < -0.39 is 0 Å². The molecule has 1 aromatic carbocycles. The summed E-state index contributed by atoms with van der Waals surface area (Å²) >= 11 is 0. The maximum Gasteiger partial charge on any atom is 3.00 e. The second kappa shape index (κ2) is 11.2. The first-order valence-corrected chi connectivity index (χ1v) is 1.91. The third-order valence-corrected chi connectivity index (χ3v) is 0.607. The molecule has 0 saturated carbocycles. The van der Waals surface area contributed by atoms with Crippen molar-refractivity contribution in [1.82, 2.24) is 0 Å². The largest absolute Gasteiger partial charge is 3.00 e. The van der Waals surface area contributed by atoms with Gasteiger partial charge in [0.15, 0.2) is 0 Å². The van der Waals surface area contributed by atoms with Crippen molar-refractivity contribution < 1.29 is 32.7 Å². The van der Waals surface area contributed by atoms with Gasteiger partial charge in [-0.3, -0.25) is 0 Å². The van der Waals surface area contributed by atoms with Crippen molar-refractivity contribution in [3.63, 3.8) is 0 Å². The first-order valence-electron chi connectivity index (χ1n) is 1.91. The molecule has 0 unspecified atom stereocenters. The number of benzene rings is 1. The summed E-state index contributed by atoms with van der Waals surface area (Å²) in [6, 6.07) is 12.5. The van der Waals surface area contributed by atoms with Gasteiger partial charge in [-0.2, -0.15) is 36.4 Å². The Kier molecular flexibility index (Phi) is 20.0. The molecule has 0 spiro atoms. The standard InChI is InChI=1S/C6H5.2CH3.Y/c1-2-4-6-5-3-1;;;/h1-5H;2*1H3;/q3*-1;+3. The molecule has 0 amide bonds. The molecule has 46 valence electrons. The van der Waals surface area contributed by atoms with Crippen LogP contribution in [0.25, 0.3) is 0 Å². The van der Waals surface area contributed by atoms with Crippen LogP contribution in [0.15, 0.2) is 30.3 Å². The molecule has 0 aliphatic carbocycles. The fourth-order valence-electron chi connectivity index (χ4n) is 0.342. The Morgan fingerprint density at radius 1 is 0.778 bits per heavy atom. The predicted molar refractivity (Wildman–Crippen MR) is 38.1 cm³/mol. The number of rotatable bonds is 0. The zero-order valence-electron chi connectivity index (χ0n) is 5.96. The first-order chi connectivity index (χ1) is 3.00. The maximum absolute atomic E-state index is 2.89.